The summed E-state index contributed by atoms with van der Waals surface area (Å²) in [6.45, 7) is 8.54. The number of ether oxygens (including phenoxy) is 3. The van der Waals surface area contributed by atoms with Crippen molar-refractivity contribution >= 4 is 41.0 Å². The molecule has 8 rings (SSSR count). The molecule has 1 unspecified atom stereocenters. The Morgan fingerprint density at radius 1 is 0.803 bits per heavy atom. The minimum atomic E-state index is -4.05. The molecule has 23 nitrogen and oxygen atoms in total. The van der Waals surface area contributed by atoms with Gasteiger partial charge in [0.15, 0.2) is 35.7 Å². The molecular formula is C42H56F3N8O15PS2. The first-order valence-corrected chi connectivity index (χ1v) is 25.4. The quantitative estimate of drug-likeness (QED) is 0.0642. The van der Waals surface area contributed by atoms with Crippen molar-refractivity contribution in [2.75, 3.05) is 37.9 Å². The lowest BCUT2D eigenvalue weighted by molar-refractivity contribution is -0.0724. The van der Waals surface area contributed by atoms with Gasteiger partial charge in [-0.05, 0) is 51.0 Å². The van der Waals surface area contributed by atoms with Crippen molar-refractivity contribution in [3.8, 4) is 0 Å². The van der Waals surface area contributed by atoms with E-state index in [0.717, 1.165) is 50.3 Å². The highest BCUT2D eigenvalue weighted by molar-refractivity contribution is 8.77. The number of aliphatic hydroxyl groups is 4. The molecule has 0 bridgehead atoms. The lowest BCUT2D eigenvalue weighted by Gasteiger charge is -2.33. The fourth-order valence-electron chi connectivity index (χ4n) is 7.69. The Hall–Kier alpha value is -4.42. The summed E-state index contributed by atoms with van der Waals surface area (Å²) in [7, 11) is -0.624. The standard InChI is InChI=1S/C22H29FN3O6PS2.C10H14FN3O4.C10H13FN2O5/c1-21(2,3)35-34-16-8-6-5-7-14(16)10-12-29-33(28)30-13-15-18(32-33)22(4,23)19(31-15)26-11-9-17(24)25-20(26)27;1-10(11)7(16)5(4-15)18-8(10)14-3-2-6(12)13-9(14)17;1-10(11)7(16)5(4-14)18-8(10)13-3-2-6(15)12-9(13)17/h5-9,11,15,18-19H,10,12-13H2,1-4H3,(H2,24,25,27);2-3,5,7-8,15-16H,4H2,1H3,(H2,12,13,17);2-3,5,7-8,14,16H,4H2,1H3,(H,12,15,17)/t15-,18-,19-,22-,33?;2*5-,7-,8-,10-/m111/s1/i24+1;12+1;. The van der Waals surface area contributed by atoms with Gasteiger partial charge in [-0.25, -0.2) is 32.1 Å². The van der Waals surface area contributed by atoms with Gasteiger partial charge < -0.3 is 46.1 Å². The third kappa shape index (κ3) is 12.5. The minimum Gasteiger partial charge on any atom is -0.394 e. The number of nitrogen functional groups attached to an aromatic ring is 2. The van der Waals surface area contributed by atoms with Gasteiger partial charge in [-0.15, -0.1) is 0 Å². The normalized spacial score (nSPS) is 33.4. The molecule has 7 heterocycles. The molecule has 0 radical (unpaired) electrons. The number of rotatable bonds is 11. The fourth-order valence-corrected chi connectivity index (χ4v) is 11.4. The molecule has 0 amide bonds. The maximum atomic E-state index is 15.8. The molecule has 4 aliphatic heterocycles. The average Bonchev–Trinajstić information content (AvgIpc) is 3.78. The van der Waals surface area contributed by atoms with E-state index in [9.17, 15) is 42.7 Å². The average molecular weight is 1070 g/mol. The number of benzene rings is 1. The first-order chi connectivity index (χ1) is 33.1. The molecule has 3 aromatic heterocycles. The van der Waals surface area contributed by atoms with Gasteiger partial charge in [-0.3, -0.25) is 37.1 Å². The molecule has 0 spiro atoms. The summed E-state index contributed by atoms with van der Waals surface area (Å²) in [5.74, 6) is 0.0192. The fraction of sp³-hybridized carbons (Fsp3) is 0.571. The minimum absolute atomic E-state index is 0.00839. The monoisotopic (exact) mass is 1070 g/mol. The molecule has 1 aromatic carbocycles. The number of halogens is 3. The number of aromatic nitrogens is 6. The first kappa shape index (κ1) is 55.9. The molecular weight excluding hydrogens is 1010 g/mol. The summed E-state index contributed by atoms with van der Waals surface area (Å²) in [4.78, 5) is 56.4. The zero-order chi connectivity index (χ0) is 52.4. The second kappa shape index (κ2) is 22.0. The van der Waals surface area contributed by atoms with E-state index in [1.165, 1.54) is 31.5 Å². The predicted octanol–water partition coefficient (Wildman–Crippen LogP) is 2.09. The van der Waals surface area contributed by atoms with Crippen molar-refractivity contribution in [1.29, 1.82) is 0 Å². The molecule has 4 aliphatic rings. The van der Waals surface area contributed by atoms with E-state index in [0.29, 0.717) is 6.42 Å². The molecule has 392 valence electrons. The van der Waals surface area contributed by atoms with Crippen LogP contribution >= 0.6 is 29.4 Å². The van der Waals surface area contributed by atoms with Gasteiger partial charge in [-0.2, -0.15) is 9.97 Å². The number of fused-ring (bicyclic) bond motifs is 1. The maximum absolute atomic E-state index is 15.8. The Labute approximate surface area is 410 Å². The topological polar surface area (TPSA) is 330 Å². The van der Waals surface area contributed by atoms with Gasteiger partial charge in [-0.1, -0.05) is 60.6 Å². The number of hydrogen-bond acceptors (Lipinski definition) is 21. The highest BCUT2D eigenvalue weighted by Crippen LogP contribution is 2.59. The maximum Gasteiger partial charge on any atom is 0.475 e. The van der Waals surface area contributed by atoms with Gasteiger partial charge in [0, 0.05) is 34.3 Å². The van der Waals surface area contributed by atoms with Crippen LogP contribution < -0.4 is 34.1 Å². The summed E-state index contributed by atoms with van der Waals surface area (Å²) >= 11 is 0. The van der Waals surface area contributed by atoms with Gasteiger partial charge >= 0.3 is 24.9 Å². The van der Waals surface area contributed by atoms with E-state index in [1.807, 2.05) is 29.2 Å². The van der Waals surface area contributed by atoms with Crippen LogP contribution in [0.25, 0.3) is 0 Å². The zero-order valence-corrected chi connectivity index (χ0v) is 41.6. The second-order valence-corrected chi connectivity index (χ2v) is 22.7. The molecule has 4 saturated heterocycles. The number of nitrogens with one attached hydrogen (secondary N) is 1. The van der Waals surface area contributed by atoms with Crippen molar-refractivity contribution in [2.24, 2.45) is 0 Å². The molecule has 4 fully saturated rings. The van der Waals surface area contributed by atoms with Crippen LogP contribution in [0.5, 0.6) is 0 Å². The van der Waals surface area contributed by atoms with E-state index in [-0.39, 0.29) is 29.6 Å². The Kier molecular flexibility index (Phi) is 17.3. The lowest BCUT2D eigenvalue weighted by atomic mass is 9.98. The number of hydrogen-bond donors (Lipinski definition) is 7. The highest BCUT2D eigenvalue weighted by Gasteiger charge is 2.62. The van der Waals surface area contributed by atoms with Crippen LogP contribution in [0.15, 0.2) is 85.1 Å². The molecule has 0 saturated carbocycles. The lowest BCUT2D eigenvalue weighted by Crippen LogP contribution is -2.46. The number of phosphoric ester groups is 1. The van der Waals surface area contributed by atoms with Gasteiger partial charge in [0.05, 0.1) is 26.4 Å². The summed E-state index contributed by atoms with van der Waals surface area (Å²) in [5.41, 5.74) is 2.20. The van der Waals surface area contributed by atoms with Crippen molar-refractivity contribution in [3.63, 3.8) is 0 Å². The number of nitrogens with two attached hydrogens (primary N) is 2. The highest BCUT2D eigenvalue weighted by atomic mass is 33.1. The number of H-pyrrole nitrogens is 1. The Morgan fingerprint density at radius 3 is 1.80 bits per heavy atom. The number of anilines is 2. The van der Waals surface area contributed by atoms with Crippen LogP contribution in [-0.2, 0) is 38.8 Å². The molecule has 4 aromatic rings. The largest absolute Gasteiger partial charge is 0.475 e. The SMILES string of the molecule is CC(C)(C)SSc1ccccc1CCOP1(=O)OC[C@H]2O[C@@H](n3ccc([15NH2])nc3=O)[C@](C)(F)[C@@H]2O1.C[C@@]1(F)[C@H](O)[C@@H](CO)O[C@H]1n1ccc(=O)[nH]c1=O.C[C@@]1(F)[C@H](O)[C@@H](CO)O[C@H]1n1ccc([15NH2])nc1=O. The van der Waals surface area contributed by atoms with Crippen LogP contribution in [0, 0.1) is 0 Å². The van der Waals surface area contributed by atoms with Gasteiger partial charge in [0.2, 0.25) is 0 Å². The molecule has 13 atom stereocenters. The van der Waals surface area contributed by atoms with E-state index in [1.54, 1.807) is 21.6 Å². The number of aromatic amines is 1. The smallest absolute Gasteiger partial charge is 0.394 e. The third-order valence-corrected chi connectivity index (χ3v) is 16.3. The second-order valence-electron chi connectivity index (χ2n) is 18.1. The van der Waals surface area contributed by atoms with Crippen LogP contribution in [0.4, 0.5) is 24.8 Å². The van der Waals surface area contributed by atoms with Gasteiger partial charge in [0.1, 0.15) is 48.3 Å². The number of aliphatic hydroxyl groups excluding tert-OH is 4. The van der Waals surface area contributed by atoms with E-state index < -0.39 is 116 Å². The molecule has 0 aliphatic carbocycles. The van der Waals surface area contributed by atoms with Crippen LogP contribution in [0.2, 0.25) is 0 Å². The predicted molar refractivity (Wildman–Crippen MR) is 251 cm³/mol. The van der Waals surface area contributed by atoms with Crippen LogP contribution in [-0.4, -0.2) is 134 Å². The van der Waals surface area contributed by atoms with Crippen molar-refractivity contribution in [2.45, 2.75) is 130 Å². The number of phosphoric acid groups is 1. The van der Waals surface area contributed by atoms with Crippen LogP contribution in [0.1, 0.15) is 65.8 Å². The summed E-state index contributed by atoms with van der Waals surface area (Å²) in [6.07, 6.45) is -7.47. The Morgan fingerprint density at radius 2 is 1.31 bits per heavy atom. The first-order valence-electron chi connectivity index (χ1n) is 21.8. The molecule has 9 N–H and O–H groups in total. The van der Waals surface area contributed by atoms with Crippen LogP contribution in [0.3, 0.4) is 0 Å². The third-order valence-electron chi connectivity index (χ3n) is 11.4. The summed E-state index contributed by atoms with van der Waals surface area (Å²) < 4.78 is 92.9. The van der Waals surface area contributed by atoms with Crippen molar-refractivity contribution < 1.29 is 65.9 Å². The van der Waals surface area contributed by atoms with E-state index in [4.69, 9.17) is 49.5 Å². The summed E-state index contributed by atoms with van der Waals surface area (Å²) in [5, 5.41) is 37.2. The van der Waals surface area contributed by atoms with Crippen molar-refractivity contribution in [1.82, 2.24) is 28.7 Å². The van der Waals surface area contributed by atoms with E-state index >= 15 is 4.39 Å². The molecule has 71 heavy (non-hydrogen) atoms. The Bertz CT molecular complexity index is 2800. The van der Waals surface area contributed by atoms with E-state index in [2.05, 4.69) is 30.7 Å². The summed E-state index contributed by atoms with van der Waals surface area (Å²) in [6, 6.07) is 11.6. The molecule has 29 heteroatoms. The number of nitrogens with zero attached hydrogens (tertiary/aromatic N) is 5. The zero-order valence-electron chi connectivity index (χ0n) is 39.1. The number of alkyl halides is 3. The van der Waals surface area contributed by atoms with Gasteiger partial charge in [0.25, 0.3) is 5.56 Å². The Balaban J connectivity index is 0.000000192. The van der Waals surface area contributed by atoms with Crippen molar-refractivity contribution in [3.05, 3.63) is 108 Å².